The maximum Gasteiger partial charge on any atom is 0.344 e. The first-order valence-electron chi connectivity index (χ1n) is 8.82. The Morgan fingerprint density at radius 3 is 2.57 bits per heavy atom. The average molecular weight is 403 g/mol. The zero-order valence-corrected chi connectivity index (χ0v) is 16.6. The minimum absolute atomic E-state index is 0.0195. The predicted molar refractivity (Wildman–Crippen MR) is 102 cm³/mol. The molecule has 0 bridgehead atoms. The van der Waals surface area contributed by atoms with Gasteiger partial charge in [-0.1, -0.05) is 18.7 Å². The zero-order valence-electron chi connectivity index (χ0n) is 15.8. The van der Waals surface area contributed by atoms with E-state index in [2.05, 4.69) is 25.9 Å². The average Bonchev–Trinajstić information content (AvgIpc) is 3.21. The van der Waals surface area contributed by atoms with E-state index in [9.17, 15) is 14.4 Å². The van der Waals surface area contributed by atoms with Gasteiger partial charge in [0.25, 0.3) is 5.91 Å². The predicted octanol–water partition coefficient (Wildman–Crippen LogP) is 1.20. The van der Waals surface area contributed by atoms with Gasteiger partial charge in [0, 0.05) is 24.5 Å². The molecule has 0 spiro atoms. The second kappa shape index (κ2) is 7.97. The SMILES string of the molecule is CCn1c(SCC(=O)NN2C(=O)NC(C)(CC)C2=O)nnc1-c1ccncc1. The van der Waals surface area contributed by atoms with Gasteiger partial charge in [0.15, 0.2) is 11.0 Å². The van der Waals surface area contributed by atoms with Crippen LogP contribution in [0.4, 0.5) is 4.79 Å². The molecule has 1 aliphatic heterocycles. The Hall–Kier alpha value is -2.95. The maximum absolute atomic E-state index is 12.3. The Labute approximate surface area is 166 Å². The Bertz CT molecular complexity index is 901. The van der Waals surface area contributed by atoms with Crippen molar-refractivity contribution < 1.29 is 14.4 Å². The van der Waals surface area contributed by atoms with Crippen molar-refractivity contribution in [2.45, 2.75) is 44.4 Å². The molecule has 1 atom stereocenters. The van der Waals surface area contributed by atoms with Crippen LogP contribution in [0.15, 0.2) is 29.7 Å². The lowest BCUT2D eigenvalue weighted by molar-refractivity contribution is -0.137. The normalized spacial score (nSPS) is 19.0. The molecule has 2 aromatic rings. The number of hydrazine groups is 1. The van der Waals surface area contributed by atoms with Gasteiger partial charge < -0.3 is 9.88 Å². The van der Waals surface area contributed by atoms with Crippen molar-refractivity contribution in [1.29, 1.82) is 0 Å². The molecule has 3 heterocycles. The van der Waals surface area contributed by atoms with E-state index in [0.717, 1.165) is 10.6 Å². The minimum Gasteiger partial charge on any atom is -0.322 e. The minimum atomic E-state index is -1.00. The van der Waals surface area contributed by atoms with E-state index in [1.165, 1.54) is 11.8 Å². The lowest BCUT2D eigenvalue weighted by Gasteiger charge is -2.19. The van der Waals surface area contributed by atoms with Gasteiger partial charge in [-0.15, -0.1) is 10.2 Å². The van der Waals surface area contributed by atoms with Crippen molar-refractivity contribution in [2.75, 3.05) is 5.75 Å². The van der Waals surface area contributed by atoms with E-state index >= 15 is 0 Å². The fourth-order valence-electron chi connectivity index (χ4n) is 2.71. The largest absolute Gasteiger partial charge is 0.344 e. The molecule has 1 saturated heterocycles. The summed E-state index contributed by atoms with van der Waals surface area (Å²) < 4.78 is 1.88. The number of nitrogens with zero attached hydrogens (tertiary/aromatic N) is 5. The van der Waals surface area contributed by atoms with Crippen LogP contribution in [0.3, 0.4) is 0 Å². The molecular formula is C17H21N7O3S. The molecular weight excluding hydrogens is 382 g/mol. The molecule has 2 N–H and O–H groups in total. The molecule has 1 unspecified atom stereocenters. The smallest absolute Gasteiger partial charge is 0.322 e. The second-order valence-corrected chi connectivity index (χ2v) is 7.31. The highest BCUT2D eigenvalue weighted by molar-refractivity contribution is 7.99. The van der Waals surface area contributed by atoms with Crippen LogP contribution in [0.2, 0.25) is 0 Å². The highest BCUT2D eigenvalue weighted by atomic mass is 32.2. The van der Waals surface area contributed by atoms with E-state index < -0.39 is 23.4 Å². The molecule has 0 aliphatic carbocycles. The van der Waals surface area contributed by atoms with Crippen LogP contribution >= 0.6 is 11.8 Å². The standard InChI is InChI=1S/C17H21N7O3S/c1-4-17(3)14(26)24(15(27)19-17)22-12(25)10-28-16-21-20-13(23(16)5-2)11-6-8-18-9-7-11/h6-9H,4-5,10H2,1-3H3,(H,19,27)(H,22,25). The molecule has 0 saturated carbocycles. The number of aromatic nitrogens is 4. The van der Waals surface area contributed by atoms with Crippen LogP contribution in [-0.2, 0) is 16.1 Å². The first kappa shape index (κ1) is 19.8. The number of nitrogens with one attached hydrogen (secondary N) is 2. The van der Waals surface area contributed by atoms with E-state index in [1.54, 1.807) is 26.2 Å². The summed E-state index contributed by atoms with van der Waals surface area (Å²) in [6.07, 6.45) is 3.77. The number of pyridine rings is 1. The van der Waals surface area contributed by atoms with Crippen molar-refractivity contribution in [3.63, 3.8) is 0 Å². The van der Waals surface area contributed by atoms with Gasteiger partial charge in [-0.2, -0.15) is 5.01 Å². The number of hydrogen-bond donors (Lipinski definition) is 2. The monoisotopic (exact) mass is 403 g/mol. The van der Waals surface area contributed by atoms with Crippen LogP contribution in [0, 0.1) is 0 Å². The fourth-order valence-corrected chi connectivity index (χ4v) is 3.50. The third-order valence-electron chi connectivity index (χ3n) is 4.51. The van der Waals surface area contributed by atoms with Gasteiger partial charge in [0.1, 0.15) is 5.54 Å². The van der Waals surface area contributed by atoms with Crippen molar-refractivity contribution in [3.05, 3.63) is 24.5 Å². The molecule has 0 radical (unpaired) electrons. The molecule has 28 heavy (non-hydrogen) atoms. The van der Waals surface area contributed by atoms with Gasteiger partial charge >= 0.3 is 6.03 Å². The number of rotatable bonds is 7. The van der Waals surface area contributed by atoms with Crippen molar-refractivity contribution in [3.8, 4) is 11.4 Å². The highest BCUT2D eigenvalue weighted by Crippen LogP contribution is 2.24. The zero-order chi connectivity index (χ0) is 20.3. The molecule has 2 aromatic heterocycles. The summed E-state index contributed by atoms with van der Waals surface area (Å²) in [6, 6.07) is 3.03. The summed E-state index contributed by atoms with van der Waals surface area (Å²) >= 11 is 1.18. The summed E-state index contributed by atoms with van der Waals surface area (Å²) in [6.45, 7) is 5.99. The topological polar surface area (TPSA) is 122 Å². The van der Waals surface area contributed by atoms with Crippen LogP contribution in [0.25, 0.3) is 11.4 Å². The van der Waals surface area contributed by atoms with Crippen molar-refractivity contribution >= 4 is 29.6 Å². The Morgan fingerprint density at radius 2 is 1.96 bits per heavy atom. The lowest BCUT2D eigenvalue weighted by atomic mass is 10.00. The molecule has 4 amide bonds. The van der Waals surface area contributed by atoms with Crippen molar-refractivity contribution in [1.82, 2.24) is 35.5 Å². The molecule has 1 fully saturated rings. The molecule has 148 valence electrons. The van der Waals surface area contributed by atoms with Gasteiger partial charge in [-0.3, -0.25) is 20.0 Å². The quantitative estimate of drug-likeness (QED) is 0.526. The van der Waals surface area contributed by atoms with E-state index in [0.29, 0.717) is 23.9 Å². The number of carbonyl (C=O) groups is 3. The molecule has 1 aliphatic rings. The first-order valence-corrected chi connectivity index (χ1v) is 9.80. The van der Waals surface area contributed by atoms with Gasteiger partial charge in [-0.25, -0.2) is 4.79 Å². The Morgan fingerprint density at radius 1 is 1.25 bits per heavy atom. The van der Waals surface area contributed by atoms with Gasteiger partial charge in [0.05, 0.1) is 5.75 Å². The first-order chi connectivity index (χ1) is 13.4. The number of thioether (sulfide) groups is 1. The van der Waals surface area contributed by atoms with E-state index in [-0.39, 0.29) is 5.75 Å². The number of amides is 4. The van der Waals surface area contributed by atoms with Crippen LogP contribution in [0.5, 0.6) is 0 Å². The summed E-state index contributed by atoms with van der Waals surface area (Å²) in [4.78, 5) is 40.6. The number of urea groups is 1. The third kappa shape index (κ3) is 3.70. The molecule has 3 rings (SSSR count). The Balaban J connectivity index is 1.65. The number of imide groups is 1. The molecule has 11 heteroatoms. The molecule has 0 aromatic carbocycles. The summed E-state index contributed by atoms with van der Waals surface area (Å²) in [5.41, 5.74) is 2.23. The lowest BCUT2D eigenvalue weighted by Crippen LogP contribution is -2.49. The Kier molecular flexibility index (Phi) is 5.63. The third-order valence-corrected chi connectivity index (χ3v) is 5.48. The summed E-state index contributed by atoms with van der Waals surface area (Å²) in [5.74, 6) is -0.297. The number of hydrogen-bond acceptors (Lipinski definition) is 7. The summed E-state index contributed by atoms with van der Waals surface area (Å²) in [7, 11) is 0. The second-order valence-electron chi connectivity index (χ2n) is 6.37. The fraction of sp³-hybridized carbons (Fsp3) is 0.412. The molecule has 10 nitrogen and oxygen atoms in total. The van der Waals surface area contributed by atoms with Crippen molar-refractivity contribution in [2.24, 2.45) is 0 Å². The van der Waals surface area contributed by atoms with Gasteiger partial charge in [-0.05, 0) is 32.4 Å². The van der Waals surface area contributed by atoms with E-state index in [1.807, 2.05) is 23.6 Å². The highest BCUT2D eigenvalue weighted by Gasteiger charge is 2.47. The van der Waals surface area contributed by atoms with Crippen LogP contribution in [-0.4, -0.2) is 53.9 Å². The van der Waals surface area contributed by atoms with Crippen LogP contribution < -0.4 is 10.7 Å². The van der Waals surface area contributed by atoms with Gasteiger partial charge in [0.2, 0.25) is 5.91 Å². The number of carbonyl (C=O) groups excluding carboxylic acids is 3. The maximum atomic E-state index is 12.3. The van der Waals surface area contributed by atoms with Crippen LogP contribution in [0.1, 0.15) is 27.2 Å². The van der Waals surface area contributed by atoms with E-state index in [4.69, 9.17) is 0 Å². The summed E-state index contributed by atoms with van der Waals surface area (Å²) in [5, 5.41) is 12.2.